The van der Waals surface area contributed by atoms with Crippen LogP contribution in [0.3, 0.4) is 0 Å². The van der Waals surface area contributed by atoms with Crippen molar-refractivity contribution in [1.82, 2.24) is 0 Å². The molecule has 1 fully saturated rings. The number of aliphatic hydroxyl groups is 1. The SMILES string of the molecule is CC(C)(C)C(O)C1CCS(=O)(=O)C1. The Bertz CT molecular complexity index is 274. The van der Waals surface area contributed by atoms with Gasteiger partial charge in [0.25, 0.3) is 0 Å². The molecule has 2 unspecified atom stereocenters. The van der Waals surface area contributed by atoms with Crippen molar-refractivity contribution in [2.75, 3.05) is 11.5 Å². The van der Waals surface area contributed by atoms with Crippen molar-refractivity contribution >= 4 is 9.84 Å². The molecule has 1 heterocycles. The van der Waals surface area contributed by atoms with Gasteiger partial charge < -0.3 is 5.11 Å². The van der Waals surface area contributed by atoms with Gasteiger partial charge in [-0.1, -0.05) is 20.8 Å². The summed E-state index contributed by atoms with van der Waals surface area (Å²) in [4.78, 5) is 0. The molecule has 1 aliphatic rings. The molecule has 1 rings (SSSR count). The Kier molecular flexibility index (Phi) is 2.74. The zero-order chi connectivity index (χ0) is 10.3. The van der Waals surface area contributed by atoms with Crippen LogP contribution >= 0.6 is 0 Å². The van der Waals surface area contributed by atoms with Gasteiger partial charge in [0.15, 0.2) is 9.84 Å². The Balaban J connectivity index is 2.67. The van der Waals surface area contributed by atoms with Gasteiger partial charge in [0.05, 0.1) is 17.6 Å². The van der Waals surface area contributed by atoms with Crippen LogP contribution in [0.4, 0.5) is 0 Å². The molecule has 0 aliphatic carbocycles. The highest BCUT2D eigenvalue weighted by Gasteiger charge is 2.37. The zero-order valence-electron chi connectivity index (χ0n) is 8.45. The maximum absolute atomic E-state index is 11.2. The number of hydrogen-bond donors (Lipinski definition) is 1. The quantitative estimate of drug-likeness (QED) is 0.691. The fourth-order valence-corrected chi connectivity index (χ4v) is 3.61. The van der Waals surface area contributed by atoms with E-state index in [1.165, 1.54) is 0 Å². The van der Waals surface area contributed by atoms with E-state index in [2.05, 4.69) is 0 Å². The van der Waals surface area contributed by atoms with E-state index in [1.807, 2.05) is 20.8 Å². The van der Waals surface area contributed by atoms with Crippen LogP contribution in [0.5, 0.6) is 0 Å². The Hall–Kier alpha value is -0.0900. The summed E-state index contributed by atoms with van der Waals surface area (Å²) in [6.45, 7) is 5.80. The van der Waals surface area contributed by atoms with E-state index in [9.17, 15) is 13.5 Å². The van der Waals surface area contributed by atoms with Crippen LogP contribution in [-0.4, -0.2) is 31.1 Å². The smallest absolute Gasteiger partial charge is 0.150 e. The molecule has 0 aromatic heterocycles. The number of sulfone groups is 1. The Morgan fingerprint density at radius 3 is 2.23 bits per heavy atom. The first-order chi connectivity index (χ1) is 5.72. The molecular weight excluding hydrogens is 188 g/mol. The van der Waals surface area contributed by atoms with Gasteiger partial charge in [0, 0.05) is 5.92 Å². The third-order valence-electron chi connectivity index (χ3n) is 2.60. The molecule has 0 amide bonds. The van der Waals surface area contributed by atoms with Crippen LogP contribution in [-0.2, 0) is 9.84 Å². The highest BCUT2D eigenvalue weighted by molar-refractivity contribution is 7.91. The molecule has 1 aliphatic heterocycles. The molecule has 78 valence electrons. The molecular formula is C9H18O3S. The van der Waals surface area contributed by atoms with Crippen molar-refractivity contribution in [2.45, 2.75) is 33.3 Å². The van der Waals surface area contributed by atoms with Crippen molar-refractivity contribution in [3.05, 3.63) is 0 Å². The monoisotopic (exact) mass is 206 g/mol. The maximum Gasteiger partial charge on any atom is 0.150 e. The van der Waals surface area contributed by atoms with Crippen molar-refractivity contribution in [1.29, 1.82) is 0 Å². The normalized spacial score (nSPS) is 30.3. The lowest BCUT2D eigenvalue weighted by molar-refractivity contribution is 0.0207. The topological polar surface area (TPSA) is 54.4 Å². The van der Waals surface area contributed by atoms with E-state index >= 15 is 0 Å². The van der Waals surface area contributed by atoms with E-state index in [0.29, 0.717) is 6.42 Å². The highest BCUT2D eigenvalue weighted by atomic mass is 32.2. The molecule has 0 saturated carbocycles. The second kappa shape index (κ2) is 3.24. The summed E-state index contributed by atoms with van der Waals surface area (Å²) in [6.07, 6.45) is 0.102. The van der Waals surface area contributed by atoms with Crippen molar-refractivity contribution < 1.29 is 13.5 Å². The van der Waals surface area contributed by atoms with Gasteiger partial charge in [-0.2, -0.15) is 0 Å². The zero-order valence-corrected chi connectivity index (χ0v) is 9.26. The van der Waals surface area contributed by atoms with Crippen LogP contribution in [0.25, 0.3) is 0 Å². The standard InChI is InChI=1S/C9H18O3S/c1-9(2,3)8(10)7-4-5-13(11,12)6-7/h7-8,10H,4-6H2,1-3H3. The lowest BCUT2D eigenvalue weighted by Gasteiger charge is -2.30. The predicted molar refractivity (Wildman–Crippen MR) is 52.2 cm³/mol. The predicted octanol–water partition coefficient (Wildman–Crippen LogP) is 0.828. The highest BCUT2D eigenvalue weighted by Crippen LogP contribution is 2.31. The summed E-state index contributed by atoms with van der Waals surface area (Å²) in [5.41, 5.74) is -0.218. The van der Waals surface area contributed by atoms with Gasteiger partial charge in [-0.3, -0.25) is 0 Å². The van der Waals surface area contributed by atoms with Gasteiger partial charge in [-0.15, -0.1) is 0 Å². The van der Waals surface area contributed by atoms with Gasteiger partial charge in [0.2, 0.25) is 0 Å². The number of rotatable bonds is 1. The number of hydrogen-bond acceptors (Lipinski definition) is 3. The van der Waals surface area contributed by atoms with E-state index in [1.54, 1.807) is 0 Å². The fourth-order valence-electron chi connectivity index (χ4n) is 1.78. The third kappa shape index (κ3) is 2.68. The molecule has 1 saturated heterocycles. The Morgan fingerprint density at radius 2 is 1.92 bits per heavy atom. The van der Waals surface area contributed by atoms with E-state index in [-0.39, 0.29) is 22.8 Å². The number of aliphatic hydroxyl groups excluding tert-OH is 1. The average Bonchev–Trinajstić information content (AvgIpc) is 2.26. The summed E-state index contributed by atoms with van der Waals surface area (Å²) in [5, 5.41) is 9.85. The molecule has 0 spiro atoms. The molecule has 4 heteroatoms. The van der Waals surface area contributed by atoms with Gasteiger partial charge in [-0.05, 0) is 11.8 Å². The van der Waals surface area contributed by atoms with Crippen LogP contribution in [0.15, 0.2) is 0 Å². The lowest BCUT2D eigenvalue weighted by atomic mass is 9.81. The van der Waals surface area contributed by atoms with Gasteiger partial charge in [-0.25, -0.2) is 8.42 Å². The molecule has 0 bridgehead atoms. The van der Waals surface area contributed by atoms with Crippen molar-refractivity contribution in [3.63, 3.8) is 0 Å². The molecule has 0 aromatic carbocycles. The third-order valence-corrected chi connectivity index (χ3v) is 4.40. The van der Waals surface area contributed by atoms with Crippen LogP contribution < -0.4 is 0 Å². The first kappa shape index (κ1) is 11.0. The molecule has 0 radical (unpaired) electrons. The summed E-state index contributed by atoms with van der Waals surface area (Å²) in [6, 6.07) is 0. The summed E-state index contributed by atoms with van der Waals surface area (Å²) in [5.74, 6) is 0.334. The first-order valence-corrected chi connectivity index (χ1v) is 6.43. The van der Waals surface area contributed by atoms with Gasteiger partial charge in [0.1, 0.15) is 0 Å². The Morgan fingerprint density at radius 1 is 1.38 bits per heavy atom. The molecule has 13 heavy (non-hydrogen) atoms. The second-order valence-corrected chi connectivity index (χ2v) is 7.20. The Labute approximate surface area is 80.1 Å². The van der Waals surface area contributed by atoms with E-state index in [4.69, 9.17) is 0 Å². The van der Waals surface area contributed by atoms with Gasteiger partial charge >= 0.3 is 0 Å². The average molecular weight is 206 g/mol. The summed E-state index contributed by atoms with van der Waals surface area (Å²) in [7, 11) is -2.86. The van der Waals surface area contributed by atoms with Crippen molar-refractivity contribution in [3.8, 4) is 0 Å². The lowest BCUT2D eigenvalue weighted by Crippen LogP contribution is -2.34. The van der Waals surface area contributed by atoms with E-state index < -0.39 is 15.9 Å². The molecule has 1 N–H and O–H groups in total. The first-order valence-electron chi connectivity index (χ1n) is 4.61. The van der Waals surface area contributed by atoms with Crippen LogP contribution in [0.1, 0.15) is 27.2 Å². The second-order valence-electron chi connectivity index (χ2n) is 4.97. The van der Waals surface area contributed by atoms with Crippen LogP contribution in [0.2, 0.25) is 0 Å². The largest absolute Gasteiger partial charge is 0.392 e. The molecule has 0 aromatic rings. The maximum atomic E-state index is 11.2. The molecule has 3 nitrogen and oxygen atoms in total. The fraction of sp³-hybridized carbons (Fsp3) is 1.00. The summed E-state index contributed by atoms with van der Waals surface area (Å²) >= 11 is 0. The minimum Gasteiger partial charge on any atom is -0.392 e. The minimum absolute atomic E-state index is 0.0648. The van der Waals surface area contributed by atoms with Crippen molar-refractivity contribution in [2.24, 2.45) is 11.3 Å². The summed E-state index contributed by atoms with van der Waals surface area (Å²) < 4.78 is 22.3. The minimum atomic E-state index is -2.86. The molecule has 2 atom stereocenters. The van der Waals surface area contributed by atoms with Crippen LogP contribution in [0, 0.1) is 11.3 Å². The van der Waals surface area contributed by atoms with E-state index in [0.717, 1.165) is 0 Å².